The van der Waals surface area contributed by atoms with E-state index in [1.807, 2.05) is 29.8 Å². The van der Waals surface area contributed by atoms with Crippen molar-refractivity contribution in [3.8, 4) is 0 Å². The first-order chi connectivity index (χ1) is 11.1. The van der Waals surface area contributed by atoms with Crippen LogP contribution in [0.15, 0.2) is 37.1 Å². The smallest absolute Gasteiger partial charge is 0.319 e. The number of rotatable bonds is 7. The molecule has 0 aromatic carbocycles. The van der Waals surface area contributed by atoms with Crippen LogP contribution in [-0.2, 0) is 6.54 Å². The molecule has 0 fully saturated rings. The molecule has 1 atom stereocenters. The van der Waals surface area contributed by atoms with Gasteiger partial charge in [0.15, 0.2) is 0 Å². The molecule has 2 rings (SSSR count). The van der Waals surface area contributed by atoms with Gasteiger partial charge < -0.3 is 20.1 Å². The molecule has 0 aliphatic rings. The van der Waals surface area contributed by atoms with Gasteiger partial charge in [-0.1, -0.05) is 0 Å². The van der Waals surface area contributed by atoms with Crippen molar-refractivity contribution in [1.82, 2.24) is 19.9 Å². The van der Waals surface area contributed by atoms with E-state index < -0.39 is 0 Å². The van der Waals surface area contributed by atoms with E-state index >= 15 is 0 Å². The molecule has 0 bridgehead atoms. The topological polar surface area (TPSA) is 75.1 Å². The largest absolute Gasteiger partial charge is 0.357 e. The van der Waals surface area contributed by atoms with E-state index in [1.54, 1.807) is 18.7 Å². The highest BCUT2D eigenvalue weighted by Gasteiger charge is 2.09. The zero-order valence-corrected chi connectivity index (χ0v) is 13.9. The quantitative estimate of drug-likeness (QED) is 0.822. The first-order valence-corrected chi connectivity index (χ1v) is 7.86. The summed E-state index contributed by atoms with van der Waals surface area (Å²) < 4.78 is 1.92. The van der Waals surface area contributed by atoms with Crippen LogP contribution in [0.4, 0.5) is 16.3 Å². The van der Waals surface area contributed by atoms with E-state index in [9.17, 15) is 4.79 Å². The summed E-state index contributed by atoms with van der Waals surface area (Å²) in [5.74, 6) is 0.912. The third-order valence-corrected chi connectivity index (χ3v) is 3.51. The number of hydrogen-bond acceptors (Lipinski definition) is 4. The molecule has 0 saturated carbocycles. The summed E-state index contributed by atoms with van der Waals surface area (Å²) in [6.45, 7) is 8.61. The lowest BCUT2D eigenvalue weighted by Crippen LogP contribution is -2.38. The fourth-order valence-corrected chi connectivity index (χ4v) is 2.34. The molecule has 0 saturated heterocycles. The first kappa shape index (κ1) is 16.8. The van der Waals surface area contributed by atoms with Gasteiger partial charge in [0.25, 0.3) is 0 Å². The Labute approximate surface area is 136 Å². The van der Waals surface area contributed by atoms with Gasteiger partial charge in [-0.3, -0.25) is 0 Å². The maximum absolute atomic E-state index is 12.0. The van der Waals surface area contributed by atoms with E-state index in [2.05, 4.69) is 39.3 Å². The molecule has 2 aromatic heterocycles. The van der Waals surface area contributed by atoms with Crippen molar-refractivity contribution in [2.24, 2.45) is 0 Å². The van der Waals surface area contributed by atoms with Gasteiger partial charge in [-0.25, -0.2) is 14.8 Å². The van der Waals surface area contributed by atoms with Crippen molar-refractivity contribution in [3.63, 3.8) is 0 Å². The van der Waals surface area contributed by atoms with E-state index in [4.69, 9.17) is 0 Å². The molecule has 1 unspecified atom stereocenters. The molecule has 0 aliphatic carbocycles. The number of nitrogens with one attached hydrogen (secondary N) is 2. The van der Waals surface area contributed by atoms with Crippen LogP contribution in [0.25, 0.3) is 0 Å². The predicted octanol–water partition coefficient (Wildman–Crippen LogP) is 2.33. The lowest BCUT2D eigenvalue weighted by atomic mass is 10.3. The molecule has 7 heteroatoms. The van der Waals surface area contributed by atoms with Crippen molar-refractivity contribution in [3.05, 3.63) is 37.1 Å². The van der Waals surface area contributed by atoms with Gasteiger partial charge in [-0.15, -0.1) is 0 Å². The number of anilines is 2. The molecule has 2 N–H and O–H groups in total. The third kappa shape index (κ3) is 4.98. The Kier molecular flexibility index (Phi) is 5.96. The summed E-state index contributed by atoms with van der Waals surface area (Å²) in [4.78, 5) is 22.5. The van der Waals surface area contributed by atoms with E-state index in [0.29, 0.717) is 12.2 Å². The van der Waals surface area contributed by atoms with Crippen LogP contribution in [0.3, 0.4) is 0 Å². The summed E-state index contributed by atoms with van der Waals surface area (Å²) in [7, 11) is 0. The minimum Gasteiger partial charge on any atom is -0.357 e. The number of aromatic nitrogens is 3. The Morgan fingerprint density at radius 2 is 2.13 bits per heavy atom. The van der Waals surface area contributed by atoms with Crippen molar-refractivity contribution >= 4 is 17.5 Å². The van der Waals surface area contributed by atoms with E-state index in [0.717, 1.165) is 18.9 Å². The van der Waals surface area contributed by atoms with Gasteiger partial charge in [-0.05, 0) is 32.9 Å². The van der Waals surface area contributed by atoms with Gasteiger partial charge >= 0.3 is 6.03 Å². The second-order valence-electron chi connectivity index (χ2n) is 5.34. The lowest BCUT2D eigenvalue weighted by molar-refractivity contribution is 0.248. The second-order valence-corrected chi connectivity index (χ2v) is 5.34. The van der Waals surface area contributed by atoms with Crippen LogP contribution in [0.2, 0.25) is 0 Å². The monoisotopic (exact) mass is 316 g/mol. The summed E-state index contributed by atoms with van der Waals surface area (Å²) in [5.41, 5.74) is 0.674. The molecular weight excluding hydrogens is 292 g/mol. The van der Waals surface area contributed by atoms with Crippen LogP contribution >= 0.6 is 0 Å². The van der Waals surface area contributed by atoms with E-state index in [-0.39, 0.29) is 12.1 Å². The highest BCUT2D eigenvalue weighted by molar-refractivity contribution is 5.89. The average molecular weight is 316 g/mol. The number of urea groups is 1. The maximum atomic E-state index is 12.0. The fraction of sp³-hybridized carbons (Fsp3) is 0.438. The number of amides is 2. The van der Waals surface area contributed by atoms with Crippen molar-refractivity contribution in [1.29, 1.82) is 0 Å². The first-order valence-electron chi connectivity index (χ1n) is 7.86. The number of imidazole rings is 1. The van der Waals surface area contributed by atoms with Crippen LogP contribution < -0.4 is 15.5 Å². The molecule has 0 spiro atoms. The minimum atomic E-state index is -0.241. The molecule has 0 radical (unpaired) electrons. The van der Waals surface area contributed by atoms with Crippen LogP contribution in [0.5, 0.6) is 0 Å². The number of pyridine rings is 1. The highest BCUT2D eigenvalue weighted by atomic mass is 16.2. The molecular formula is C16H24N6O. The molecule has 2 aromatic rings. The zero-order chi connectivity index (χ0) is 16.7. The minimum absolute atomic E-state index is 0.00731. The van der Waals surface area contributed by atoms with Crippen LogP contribution in [0.1, 0.15) is 20.8 Å². The average Bonchev–Trinajstić information content (AvgIpc) is 3.02. The Morgan fingerprint density at radius 1 is 1.35 bits per heavy atom. The van der Waals surface area contributed by atoms with Gasteiger partial charge in [-0.2, -0.15) is 0 Å². The van der Waals surface area contributed by atoms with E-state index in [1.165, 1.54) is 0 Å². The lowest BCUT2D eigenvalue weighted by Gasteiger charge is -2.20. The molecule has 2 amide bonds. The Morgan fingerprint density at radius 3 is 2.70 bits per heavy atom. The molecule has 2 heterocycles. The Bertz CT molecular complexity index is 592. The predicted molar refractivity (Wildman–Crippen MR) is 91.6 cm³/mol. The number of nitrogens with zero attached hydrogens (tertiary/aromatic N) is 4. The normalized spacial score (nSPS) is 11.8. The van der Waals surface area contributed by atoms with Crippen LogP contribution in [-0.4, -0.2) is 39.7 Å². The zero-order valence-electron chi connectivity index (χ0n) is 13.9. The molecule has 23 heavy (non-hydrogen) atoms. The summed E-state index contributed by atoms with van der Waals surface area (Å²) in [6, 6.07) is 3.53. The summed E-state index contributed by atoms with van der Waals surface area (Å²) >= 11 is 0. The second kappa shape index (κ2) is 8.17. The SMILES string of the molecule is CCN(CC)c1ccc(NC(=O)NC(C)Cn2ccnc2)cn1. The summed E-state index contributed by atoms with van der Waals surface area (Å²) in [5, 5.41) is 5.69. The van der Waals surface area contributed by atoms with Crippen molar-refractivity contribution in [2.45, 2.75) is 33.4 Å². The third-order valence-electron chi connectivity index (χ3n) is 3.51. The van der Waals surface area contributed by atoms with Crippen molar-refractivity contribution in [2.75, 3.05) is 23.3 Å². The molecule has 0 aliphatic heterocycles. The van der Waals surface area contributed by atoms with Gasteiger partial charge in [0.05, 0.1) is 18.2 Å². The number of carbonyl (C=O) groups is 1. The number of hydrogen-bond donors (Lipinski definition) is 2. The Balaban J connectivity index is 1.85. The van der Waals surface area contributed by atoms with Gasteiger partial charge in [0.2, 0.25) is 0 Å². The van der Waals surface area contributed by atoms with Crippen LogP contribution in [0, 0.1) is 0 Å². The highest BCUT2D eigenvalue weighted by Crippen LogP contribution is 2.13. The molecule has 124 valence electrons. The summed E-state index contributed by atoms with van der Waals surface area (Å²) in [6.07, 6.45) is 6.99. The Hall–Kier alpha value is -2.57. The van der Waals surface area contributed by atoms with Gasteiger partial charge in [0, 0.05) is 38.1 Å². The van der Waals surface area contributed by atoms with Crippen molar-refractivity contribution < 1.29 is 4.79 Å². The molecule has 7 nitrogen and oxygen atoms in total. The number of carbonyl (C=O) groups excluding carboxylic acids is 1. The standard InChI is InChI=1S/C16H24N6O/c1-4-22(5-2)15-7-6-14(10-18-15)20-16(23)19-13(3)11-21-9-8-17-12-21/h6-10,12-13H,4-5,11H2,1-3H3,(H2,19,20,23). The maximum Gasteiger partial charge on any atom is 0.319 e. The fourth-order valence-electron chi connectivity index (χ4n) is 2.34. The van der Waals surface area contributed by atoms with Gasteiger partial charge in [0.1, 0.15) is 5.82 Å².